The maximum Gasteiger partial charge on any atom is 0.257 e. The molecule has 1 heterocycles. The van der Waals surface area contributed by atoms with E-state index in [0.29, 0.717) is 24.3 Å². The summed E-state index contributed by atoms with van der Waals surface area (Å²) in [7, 11) is 6.55. The molecule has 1 saturated heterocycles. The minimum Gasteiger partial charge on any atom is -0.506 e. The molecule has 0 bridgehead atoms. The molecule has 4 N–H and O–H groups in total. The zero-order valence-electron chi connectivity index (χ0n) is 23.0. The number of anilines is 1. The van der Waals surface area contributed by atoms with E-state index in [1.807, 2.05) is 0 Å². The van der Waals surface area contributed by atoms with Gasteiger partial charge in [-0.25, -0.2) is 0 Å². The SMILES string of the molecule is CN(C)c1cc(C(=O)N2CCCC2)c(O)c2c1C[C@H]1C[C@H]3[C@H](N(C)C)C(=O)C(C(N)=O)C(=O)[C@@]3(O)C(=O)C1C2=O. The average molecular weight is 555 g/mol. The van der Waals surface area contributed by atoms with E-state index in [2.05, 4.69) is 0 Å². The van der Waals surface area contributed by atoms with Crippen LogP contribution >= 0.6 is 0 Å². The average Bonchev–Trinajstić information content (AvgIpc) is 3.40. The second-order valence-corrected chi connectivity index (χ2v) is 11.8. The minimum absolute atomic E-state index is 0.0357. The molecule has 1 aliphatic heterocycles. The number of likely N-dealkylation sites (tertiary alicyclic amines) is 1. The van der Waals surface area contributed by atoms with Crippen molar-refractivity contribution in [2.24, 2.45) is 29.4 Å². The maximum absolute atomic E-state index is 14.1. The smallest absolute Gasteiger partial charge is 0.257 e. The van der Waals surface area contributed by atoms with E-state index in [9.17, 15) is 39.0 Å². The predicted octanol–water partition coefficient (Wildman–Crippen LogP) is -0.831. The van der Waals surface area contributed by atoms with Crippen molar-refractivity contribution in [1.29, 1.82) is 0 Å². The molecule has 12 heteroatoms. The van der Waals surface area contributed by atoms with E-state index in [1.165, 1.54) is 19.0 Å². The van der Waals surface area contributed by atoms with Gasteiger partial charge in [-0.1, -0.05) is 0 Å². The van der Waals surface area contributed by atoms with Crippen molar-refractivity contribution in [1.82, 2.24) is 9.80 Å². The standard InChI is InChI=1S/C28H34N4O8/c1-30(2)16-11-14(27(39)32-7-5-6-8-32)21(33)18-13(16)9-12-10-15-20(31(3)4)23(35)19(26(29)38)25(37)28(15,40)24(36)17(12)22(18)34/h11-12,15,17,19-20,33,40H,5-10H2,1-4H3,(H2,29,38)/t12-,15-,17?,19?,20-,28-/m0/s1. The highest BCUT2D eigenvalue weighted by Crippen LogP contribution is 2.52. The van der Waals surface area contributed by atoms with Gasteiger partial charge >= 0.3 is 0 Å². The highest BCUT2D eigenvalue weighted by molar-refractivity contribution is 6.32. The lowest BCUT2D eigenvalue weighted by Gasteiger charge is -2.52. The molecule has 3 aliphatic carbocycles. The molecule has 40 heavy (non-hydrogen) atoms. The van der Waals surface area contributed by atoms with Crippen LogP contribution in [-0.2, 0) is 25.6 Å². The van der Waals surface area contributed by atoms with E-state index < -0.39 is 76.0 Å². The molecule has 2 saturated carbocycles. The van der Waals surface area contributed by atoms with Crippen LogP contribution in [0.5, 0.6) is 5.75 Å². The quantitative estimate of drug-likeness (QED) is 0.398. The fourth-order valence-corrected chi connectivity index (χ4v) is 7.30. The number of nitrogens with zero attached hydrogens (tertiary/aromatic N) is 3. The lowest BCUT2D eigenvalue weighted by Crippen LogP contribution is -2.74. The number of aliphatic hydroxyl groups is 1. The number of fused-ring (bicyclic) bond motifs is 3. The van der Waals surface area contributed by atoms with Gasteiger partial charge in [0.15, 0.2) is 34.7 Å². The molecule has 1 aromatic rings. The Morgan fingerprint density at radius 1 is 1.05 bits per heavy atom. The maximum atomic E-state index is 14.1. The summed E-state index contributed by atoms with van der Waals surface area (Å²) < 4.78 is 0. The van der Waals surface area contributed by atoms with Gasteiger partial charge in [0.2, 0.25) is 5.91 Å². The van der Waals surface area contributed by atoms with Crippen molar-refractivity contribution in [3.8, 4) is 5.75 Å². The van der Waals surface area contributed by atoms with Gasteiger partial charge in [-0.3, -0.25) is 33.7 Å². The van der Waals surface area contributed by atoms with Crippen LogP contribution in [0.2, 0.25) is 0 Å². The lowest BCUT2D eigenvalue weighted by molar-refractivity contribution is -0.181. The number of ketones is 4. The van der Waals surface area contributed by atoms with Crippen LogP contribution in [0.25, 0.3) is 0 Å². The number of benzene rings is 1. The number of amides is 2. The molecule has 1 aromatic carbocycles. The molecule has 214 valence electrons. The number of phenols is 1. The Hall–Kier alpha value is -3.64. The third kappa shape index (κ3) is 3.72. The van der Waals surface area contributed by atoms with E-state index in [0.717, 1.165) is 12.8 Å². The van der Waals surface area contributed by atoms with Gasteiger partial charge in [0.05, 0.1) is 23.1 Å². The first-order chi connectivity index (χ1) is 18.7. The highest BCUT2D eigenvalue weighted by atomic mass is 16.3. The molecule has 4 aliphatic rings. The molecule has 12 nitrogen and oxygen atoms in total. The number of Topliss-reactive ketones (excluding diaryl/α,β-unsaturated/α-hetero) is 4. The van der Waals surface area contributed by atoms with Gasteiger partial charge < -0.3 is 25.7 Å². The van der Waals surface area contributed by atoms with Crippen molar-refractivity contribution in [2.45, 2.75) is 37.3 Å². The van der Waals surface area contributed by atoms with Gasteiger partial charge in [-0.2, -0.15) is 0 Å². The van der Waals surface area contributed by atoms with Crippen LogP contribution in [0, 0.1) is 23.7 Å². The number of carbonyl (C=O) groups is 6. The summed E-state index contributed by atoms with van der Waals surface area (Å²) in [5.74, 6) is -11.7. The fraction of sp³-hybridized carbons (Fsp3) is 0.571. The number of phenolic OH excluding ortho intramolecular Hbond substituents is 1. The molecular weight excluding hydrogens is 520 g/mol. The Morgan fingerprint density at radius 2 is 1.68 bits per heavy atom. The van der Waals surface area contributed by atoms with Gasteiger partial charge in [0.1, 0.15) is 5.75 Å². The molecule has 0 spiro atoms. The molecule has 3 fully saturated rings. The first-order valence-electron chi connectivity index (χ1n) is 13.4. The van der Waals surface area contributed by atoms with Crippen molar-refractivity contribution >= 4 is 40.6 Å². The summed E-state index contributed by atoms with van der Waals surface area (Å²) in [6.07, 6.45) is 1.74. The van der Waals surface area contributed by atoms with Crippen LogP contribution in [0.1, 0.15) is 45.5 Å². The number of primary amides is 1. The Balaban J connectivity index is 1.65. The molecule has 0 aromatic heterocycles. The normalized spacial score (nSPS) is 31.6. The molecule has 2 amide bonds. The third-order valence-electron chi connectivity index (χ3n) is 9.14. The van der Waals surface area contributed by atoms with Crippen molar-refractivity contribution in [3.63, 3.8) is 0 Å². The largest absolute Gasteiger partial charge is 0.506 e. The second kappa shape index (κ2) is 9.48. The van der Waals surface area contributed by atoms with Crippen LogP contribution in [0.15, 0.2) is 6.07 Å². The number of rotatable bonds is 4. The number of likely N-dealkylation sites (N-methyl/N-ethyl adjacent to an activating group) is 1. The molecule has 2 unspecified atom stereocenters. The van der Waals surface area contributed by atoms with Crippen LogP contribution < -0.4 is 10.6 Å². The molecule has 5 rings (SSSR count). The summed E-state index contributed by atoms with van der Waals surface area (Å²) in [6, 6.07) is 0.390. The first-order valence-corrected chi connectivity index (χ1v) is 13.4. The van der Waals surface area contributed by atoms with E-state index in [4.69, 9.17) is 5.73 Å². The van der Waals surface area contributed by atoms with Gasteiger partial charge in [0, 0.05) is 38.8 Å². The summed E-state index contributed by atoms with van der Waals surface area (Å²) in [4.78, 5) is 84.9. The summed E-state index contributed by atoms with van der Waals surface area (Å²) in [6.45, 7) is 1.04. The number of hydrogen-bond donors (Lipinski definition) is 3. The number of carbonyl (C=O) groups excluding carboxylic acids is 6. The number of hydrogen-bond acceptors (Lipinski definition) is 10. The highest BCUT2D eigenvalue weighted by Gasteiger charge is 2.69. The predicted molar refractivity (Wildman–Crippen MR) is 141 cm³/mol. The van der Waals surface area contributed by atoms with Gasteiger partial charge in [-0.05, 0) is 57.3 Å². The second-order valence-electron chi connectivity index (χ2n) is 11.8. The third-order valence-corrected chi connectivity index (χ3v) is 9.14. The Kier molecular flexibility index (Phi) is 6.61. The molecule has 6 atom stereocenters. The van der Waals surface area contributed by atoms with E-state index >= 15 is 0 Å². The zero-order chi connectivity index (χ0) is 29.4. The monoisotopic (exact) mass is 554 g/mol. The molecular formula is C28H34N4O8. The van der Waals surface area contributed by atoms with E-state index in [-0.39, 0.29) is 24.0 Å². The van der Waals surface area contributed by atoms with E-state index in [1.54, 1.807) is 30.0 Å². The summed E-state index contributed by atoms with van der Waals surface area (Å²) >= 11 is 0. The van der Waals surface area contributed by atoms with Crippen molar-refractivity contribution < 1.29 is 39.0 Å². The summed E-state index contributed by atoms with van der Waals surface area (Å²) in [5.41, 5.74) is 3.31. The Morgan fingerprint density at radius 3 is 2.23 bits per heavy atom. The van der Waals surface area contributed by atoms with Gasteiger partial charge in [0.25, 0.3) is 5.91 Å². The number of nitrogens with two attached hydrogens (primary N) is 1. The number of aromatic hydroxyl groups is 1. The fourth-order valence-electron chi connectivity index (χ4n) is 7.30. The Labute approximate surface area is 231 Å². The van der Waals surface area contributed by atoms with Crippen molar-refractivity contribution in [3.05, 3.63) is 22.8 Å². The summed E-state index contributed by atoms with van der Waals surface area (Å²) in [5, 5.41) is 23.0. The minimum atomic E-state index is -2.79. The van der Waals surface area contributed by atoms with Crippen molar-refractivity contribution in [2.75, 3.05) is 46.2 Å². The lowest BCUT2D eigenvalue weighted by atomic mass is 9.52. The van der Waals surface area contributed by atoms with Gasteiger partial charge in [-0.15, -0.1) is 0 Å². The van der Waals surface area contributed by atoms with Crippen LogP contribution in [-0.4, -0.2) is 108 Å². The Bertz CT molecular complexity index is 1360. The first kappa shape index (κ1) is 27.9. The topological polar surface area (TPSA) is 179 Å². The van der Waals surface area contributed by atoms with Crippen LogP contribution in [0.4, 0.5) is 5.69 Å². The van der Waals surface area contributed by atoms with Crippen LogP contribution in [0.3, 0.4) is 0 Å². The zero-order valence-corrected chi connectivity index (χ0v) is 23.0. The molecule has 0 radical (unpaired) electrons.